The van der Waals surface area contributed by atoms with E-state index < -0.39 is 59.2 Å². The fourth-order valence-electron chi connectivity index (χ4n) is 6.67. The highest BCUT2D eigenvalue weighted by molar-refractivity contribution is 5.87. The monoisotopic (exact) mass is 663 g/mol. The summed E-state index contributed by atoms with van der Waals surface area (Å²) < 4.78 is 28.6. The Labute approximate surface area is 278 Å². The lowest BCUT2D eigenvalue weighted by Crippen LogP contribution is -2.52. The molecule has 4 N–H and O–H groups in total. The summed E-state index contributed by atoms with van der Waals surface area (Å²) in [4.78, 5) is 40.4. The Balaban J connectivity index is 1.59. The lowest BCUT2D eigenvalue weighted by atomic mass is 9.70. The van der Waals surface area contributed by atoms with Crippen molar-refractivity contribution in [1.29, 1.82) is 0 Å². The van der Waals surface area contributed by atoms with Crippen LogP contribution in [0.25, 0.3) is 0 Å². The summed E-state index contributed by atoms with van der Waals surface area (Å²) in [6.45, 7) is 4.67. The largest absolute Gasteiger partial charge is 0.497 e. The predicted molar refractivity (Wildman–Crippen MR) is 173 cm³/mol. The van der Waals surface area contributed by atoms with Gasteiger partial charge in [-0.25, -0.2) is 4.79 Å². The summed E-state index contributed by atoms with van der Waals surface area (Å²) >= 11 is 0. The number of amides is 3. The molecule has 0 saturated heterocycles. The van der Waals surface area contributed by atoms with Crippen molar-refractivity contribution in [2.45, 2.75) is 49.6 Å². The van der Waals surface area contributed by atoms with E-state index in [9.17, 15) is 24.6 Å². The number of fused-ring (bicyclic) bond motifs is 3. The number of hydrogen-bond acceptors (Lipinski definition) is 10. The van der Waals surface area contributed by atoms with Gasteiger partial charge in [-0.3, -0.25) is 20.4 Å². The molecular formula is C35H41N3O10. The lowest BCUT2D eigenvalue weighted by molar-refractivity contribution is -0.155. The van der Waals surface area contributed by atoms with Crippen molar-refractivity contribution >= 4 is 17.9 Å². The molecule has 0 radical (unpaired) electrons. The van der Waals surface area contributed by atoms with Crippen molar-refractivity contribution in [1.82, 2.24) is 15.8 Å². The number of ether oxygens (including phenoxy) is 5. The highest BCUT2D eigenvalue weighted by atomic mass is 16.6. The third-order valence-electron chi connectivity index (χ3n) is 8.67. The fraction of sp³-hybridized carbons (Fsp3) is 0.400. The highest BCUT2D eigenvalue weighted by Crippen LogP contribution is 2.70. The lowest BCUT2D eigenvalue weighted by Gasteiger charge is -2.40. The molecule has 0 unspecified atom stereocenters. The molecule has 5 rings (SSSR count). The smallest absolute Gasteiger partial charge is 0.410 e. The zero-order valence-electron chi connectivity index (χ0n) is 27.9. The summed E-state index contributed by atoms with van der Waals surface area (Å²) in [6.07, 6.45) is -2.52. The van der Waals surface area contributed by atoms with Gasteiger partial charge in [0.1, 0.15) is 41.2 Å². The summed E-state index contributed by atoms with van der Waals surface area (Å²) in [5.41, 5.74) is 1.02. The second-order valence-electron chi connectivity index (χ2n) is 12.8. The number of hydrogen-bond donors (Lipinski definition) is 4. The summed E-state index contributed by atoms with van der Waals surface area (Å²) in [5.74, 6) is -2.65. The third-order valence-corrected chi connectivity index (χ3v) is 8.67. The Morgan fingerprint density at radius 2 is 1.56 bits per heavy atom. The average molecular weight is 664 g/mol. The minimum absolute atomic E-state index is 0.133. The first kappa shape index (κ1) is 34.3. The van der Waals surface area contributed by atoms with Gasteiger partial charge in [-0.1, -0.05) is 42.5 Å². The van der Waals surface area contributed by atoms with Gasteiger partial charge < -0.3 is 38.8 Å². The molecule has 256 valence electrons. The normalized spacial score (nSPS) is 24.0. The summed E-state index contributed by atoms with van der Waals surface area (Å²) in [7, 11) is 5.80. The molecule has 2 aliphatic rings. The van der Waals surface area contributed by atoms with Gasteiger partial charge in [0.2, 0.25) is 5.91 Å². The molecule has 1 aliphatic carbocycles. The van der Waals surface area contributed by atoms with E-state index in [0.717, 1.165) is 4.90 Å². The molecule has 3 aromatic rings. The molecule has 13 heteroatoms. The minimum Gasteiger partial charge on any atom is -0.497 e. The number of nitrogens with one attached hydrogen (secondary N) is 2. The van der Waals surface area contributed by atoms with E-state index in [-0.39, 0.29) is 17.1 Å². The SMILES string of the molecule is COc1ccc([C@@]23Oc4cc(OC)cc(OC)c4[C@]2(O)[C@H](O)[C@H](C(=O)NNC(=O)CN(C)C(=O)OC(C)(C)C)[C@H]3c2ccccc2)cc1. The number of rotatable bonds is 8. The molecule has 1 heterocycles. The summed E-state index contributed by atoms with van der Waals surface area (Å²) in [6, 6.07) is 18.8. The van der Waals surface area contributed by atoms with Crippen LogP contribution in [0.3, 0.4) is 0 Å². The van der Waals surface area contributed by atoms with E-state index in [2.05, 4.69) is 10.9 Å². The number of carbonyl (C=O) groups is 3. The maximum absolute atomic E-state index is 14.1. The standard InChI is InChI=1S/C35H41N3O10/c1-33(2,3)48-32(42)38(4)19-26(39)36-37-31(41)27-28(20-11-9-8-10-12-20)35(21-13-15-22(44-5)16-14-21)34(43,30(27)40)29-24(46-7)17-23(45-6)18-25(29)47-35/h8-18,27-28,30,40,43H,19H2,1-7H3,(H,36,39)(H,37,41)/t27-,28-,30-,34+,35+/m1/s1. The maximum Gasteiger partial charge on any atom is 0.410 e. The molecule has 1 saturated carbocycles. The van der Waals surface area contributed by atoms with Crippen LogP contribution in [0, 0.1) is 5.92 Å². The number of likely N-dealkylation sites (N-methyl/N-ethyl adjacent to an activating group) is 1. The molecule has 48 heavy (non-hydrogen) atoms. The first-order valence-corrected chi connectivity index (χ1v) is 15.3. The molecule has 0 spiro atoms. The van der Waals surface area contributed by atoms with E-state index in [1.54, 1.807) is 87.5 Å². The number of benzene rings is 3. The Morgan fingerprint density at radius 3 is 2.15 bits per heavy atom. The van der Waals surface area contributed by atoms with Crippen molar-refractivity contribution < 1.29 is 48.3 Å². The first-order chi connectivity index (χ1) is 22.7. The fourth-order valence-corrected chi connectivity index (χ4v) is 6.67. The molecule has 1 aliphatic heterocycles. The van der Waals surface area contributed by atoms with Crippen LogP contribution in [0.5, 0.6) is 23.0 Å². The number of aliphatic hydroxyl groups is 2. The molecule has 13 nitrogen and oxygen atoms in total. The number of methoxy groups -OCH3 is 3. The average Bonchev–Trinajstić information content (AvgIpc) is 3.44. The Hall–Kier alpha value is -5.01. The molecular weight excluding hydrogens is 622 g/mol. The van der Waals surface area contributed by atoms with Crippen LogP contribution in [0.4, 0.5) is 4.79 Å². The quantitative estimate of drug-likeness (QED) is 0.264. The van der Waals surface area contributed by atoms with Gasteiger partial charge in [0.25, 0.3) is 5.91 Å². The molecule has 1 fully saturated rings. The van der Waals surface area contributed by atoms with Crippen LogP contribution in [0.1, 0.15) is 43.4 Å². The molecule has 0 aromatic heterocycles. The first-order valence-electron chi connectivity index (χ1n) is 15.3. The van der Waals surface area contributed by atoms with Gasteiger partial charge in [0.15, 0.2) is 11.2 Å². The van der Waals surface area contributed by atoms with Gasteiger partial charge >= 0.3 is 6.09 Å². The highest BCUT2D eigenvalue weighted by Gasteiger charge is 2.78. The van der Waals surface area contributed by atoms with Gasteiger partial charge in [0.05, 0.1) is 32.8 Å². The van der Waals surface area contributed by atoms with Gasteiger partial charge in [-0.2, -0.15) is 0 Å². The second kappa shape index (κ2) is 12.9. The van der Waals surface area contributed by atoms with E-state index in [1.165, 1.54) is 28.4 Å². The second-order valence-corrected chi connectivity index (χ2v) is 12.8. The van der Waals surface area contributed by atoms with Gasteiger partial charge in [-0.05, 0) is 44.0 Å². The zero-order chi connectivity index (χ0) is 35.0. The minimum atomic E-state index is -2.27. The number of carbonyl (C=O) groups excluding carboxylic acids is 3. The van der Waals surface area contributed by atoms with Gasteiger partial charge in [-0.15, -0.1) is 0 Å². The predicted octanol–water partition coefficient (Wildman–Crippen LogP) is 2.98. The van der Waals surface area contributed by atoms with Crippen LogP contribution in [0.15, 0.2) is 66.7 Å². The number of aliphatic hydroxyl groups excluding tert-OH is 1. The van der Waals surface area contributed by atoms with Crippen molar-refractivity contribution in [3.8, 4) is 23.0 Å². The van der Waals surface area contributed by atoms with E-state index >= 15 is 0 Å². The maximum atomic E-state index is 14.1. The Bertz CT molecular complexity index is 1680. The van der Waals surface area contributed by atoms with Crippen LogP contribution in [-0.4, -0.2) is 79.6 Å². The topological polar surface area (TPSA) is 165 Å². The molecule has 5 atom stereocenters. The molecule has 0 bridgehead atoms. The van der Waals surface area contributed by atoms with E-state index in [0.29, 0.717) is 22.6 Å². The Morgan fingerprint density at radius 1 is 0.917 bits per heavy atom. The summed E-state index contributed by atoms with van der Waals surface area (Å²) in [5, 5.41) is 25.3. The van der Waals surface area contributed by atoms with Crippen molar-refractivity contribution in [2.24, 2.45) is 5.92 Å². The van der Waals surface area contributed by atoms with Crippen LogP contribution >= 0.6 is 0 Å². The van der Waals surface area contributed by atoms with Gasteiger partial charge in [0, 0.05) is 25.1 Å². The van der Waals surface area contributed by atoms with Crippen LogP contribution in [-0.2, 0) is 25.5 Å². The van der Waals surface area contributed by atoms with Crippen molar-refractivity contribution in [2.75, 3.05) is 34.9 Å². The number of hydrazine groups is 1. The van der Waals surface area contributed by atoms with Crippen LogP contribution in [0.2, 0.25) is 0 Å². The van der Waals surface area contributed by atoms with E-state index in [1.807, 2.05) is 0 Å². The number of nitrogens with zero attached hydrogens (tertiary/aromatic N) is 1. The van der Waals surface area contributed by atoms with Crippen molar-refractivity contribution in [3.63, 3.8) is 0 Å². The van der Waals surface area contributed by atoms with Crippen molar-refractivity contribution in [3.05, 3.63) is 83.4 Å². The Kier molecular flexibility index (Phi) is 9.22. The third kappa shape index (κ3) is 5.73. The van der Waals surface area contributed by atoms with Crippen LogP contribution < -0.4 is 29.8 Å². The molecule has 3 aromatic carbocycles. The van der Waals surface area contributed by atoms with E-state index in [4.69, 9.17) is 23.7 Å². The molecule has 3 amide bonds. The zero-order valence-corrected chi connectivity index (χ0v) is 27.9.